The predicted octanol–water partition coefficient (Wildman–Crippen LogP) is 2.71. The van der Waals surface area contributed by atoms with Gasteiger partial charge in [-0.15, -0.1) is 0 Å². The first-order chi connectivity index (χ1) is 13.2. The number of aliphatic hydroxyl groups is 1. The molecule has 2 aromatic rings. The molecular weight excluding hydrogens is 340 g/mol. The molecule has 5 atom stereocenters. The topological polar surface area (TPSA) is 57.7 Å². The molecule has 0 spiro atoms. The molecule has 3 fully saturated rings. The van der Waals surface area contributed by atoms with E-state index in [1.807, 2.05) is 6.07 Å². The van der Waals surface area contributed by atoms with Crippen LogP contribution in [0.15, 0.2) is 18.2 Å². The van der Waals surface area contributed by atoms with Crippen LogP contribution in [0.25, 0.3) is 10.9 Å². The maximum absolute atomic E-state index is 10.8. The monoisotopic (exact) mass is 370 g/mol. The fourth-order valence-electron chi connectivity index (χ4n) is 6.52. The van der Waals surface area contributed by atoms with Crippen LogP contribution in [0.3, 0.4) is 0 Å². The zero-order valence-electron chi connectivity index (χ0n) is 16.3. The van der Waals surface area contributed by atoms with E-state index >= 15 is 0 Å². The lowest BCUT2D eigenvalue weighted by atomic mass is 9.56. The van der Waals surface area contributed by atoms with Crippen molar-refractivity contribution in [3.05, 3.63) is 29.5 Å². The van der Waals surface area contributed by atoms with Gasteiger partial charge in [0, 0.05) is 54.9 Å². The third-order valence-electron chi connectivity index (χ3n) is 7.42. The van der Waals surface area contributed by atoms with Gasteiger partial charge in [0.05, 0.1) is 13.7 Å². The third-order valence-corrected chi connectivity index (χ3v) is 7.42. The summed E-state index contributed by atoms with van der Waals surface area (Å²) < 4.78 is 10.9. The Morgan fingerprint density at radius 1 is 1.33 bits per heavy atom. The van der Waals surface area contributed by atoms with Crippen molar-refractivity contribution >= 4 is 10.9 Å². The van der Waals surface area contributed by atoms with Gasteiger partial charge in [-0.3, -0.25) is 4.90 Å². The highest BCUT2D eigenvalue weighted by Gasteiger charge is 2.58. The molecule has 3 aliphatic heterocycles. The van der Waals surface area contributed by atoms with Crippen molar-refractivity contribution < 1.29 is 14.6 Å². The van der Waals surface area contributed by atoms with Crippen LogP contribution >= 0.6 is 0 Å². The number of aromatic nitrogens is 1. The van der Waals surface area contributed by atoms with Crippen LogP contribution in [-0.2, 0) is 16.6 Å². The quantitative estimate of drug-likeness (QED) is 0.850. The van der Waals surface area contributed by atoms with Crippen LogP contribution in [0, 0.1) is 11.8 Å². The molecule has 1 aromatic heterocycles. The second-order valence-electron chi connectivity index (χ2n) is 8.74. The van der Waals surface area contributed by atoms with Gasteiger partial charge in [0.15, 0.2) is 0 Å². The van der Waals surface area contributed by atoms with E-state index in [0.29, 0.717) is 17.9 Å². The molecule has 1 saturated carbocycles. The van der Waals surface area contributed by atoms with Crippen molar-refractivity contribution in [2.75, 3.05) is 40.5 Å². The van der Waals surface area contributed by atoms with E-state index in [0.717, 1.165) is 43.7 Å². The van der Waals surface area contributed by atoms with Crippen molar-refractivity contribution in [1.82, 2.24) is 9.88 Å². The van der Waals surface area contributed by atoms with Gasteiger partial charge < -0.3 is 19.6 Å². The number of rotatable bonds is 5. The summed E-state index contributed by atoms with van der Waals surface area (Å²) >= 11 is 0. The number of benzene rings is 1. The molecule has 146 valence electrons. The zero-order valence-corrected chi connectivity index (χ0v) is 16.3. The molecule has 3 unspecified atom stereocenters. The standard InChI is InChI=1S/C22H30N2O3/c1-26-8-6-15-9-14-11-22(13-25)20-17(5-7-24(12-14)21(15)22)18-10-16(27-2)3-4-19(18)23-20/h3-4,10,14-15,21,23,25H,5-9,11-13H2,1-2H3/t14-,15?,21?,22-/m0/s1. The molecule has 2 saturated heterocycles. The largest absolute Gasteiger partial charge is 0.497 e. The summed E-state index contributed by atoms with van der Waals surface area (Å²) in [6, 6.07) is 6.69. The molecule has 5 heteroatoms. The van der Waals surface area contributed by atoms with E-state index in [4.69, 9.17) is 9.47 Å². The number of hydrogen-bond acceptors (Lipinski definition) is 4. The Kier molecular flexibility index (Phi) is 4.22. The molecule has 1 aromatic carbocycles. The van der Waals surface area contributed by atoms with Gasteiger partial charge in [0.25, 0.3) is 0 Å². The van der Waals surface area contributed by atoms with E-state index in [-0.39, 0.29) is 12.0 Å². The van der Waals surface area contributed by atoms with Gasteiger partial charge in [0.1, 0.15) is 5.75 Å². The number of nitrogens with zero attached hydrogens (tertiary/aromatic N) is 1. The fraction of sp³-hybridized carbons (Fsp3) is 0.636. The molecule has 4 bridgehead atoms. The summed E-state index contributed by atoms with van der Waals surface area (Å²) in [7, 11) is 3.51. The highest BCUT2D eigenvalue weighted by molar-refractivity contribution is 5.87. The minimum Gasteiger partial charge on any atom is -0.497 e. The summed E-state index contributed by atoms with van der Waals surface area (Å²) in [5.74, 6) is 2.15. The van der Waals surface area contributed by atoms with Crippen LogP contribution in [0.5, 0.6) is 5.75 Å². The number of aliphatic hydroxyl groups excluding tert-OH is 1. The minimum atomic E-state index is -0.183. The second-order valence-corrected chi connectivity index (χ2v) is 8.74. The summed E-state index contributed by atoms with van der Waals surface area (Å²) in [5, 5.41) is 12.0. The Morgan fingerprint density at radius 2 is 2.22 bits per heavy atom. The number of ether oxygens (including phenoxy) is 2. The zero-order chi connectivity index (χ0) is 18.6. The maximum Gasteiger partial charge on any atom is 0.119 e. The van der Waals surface area contributed by atoms with Gasteiger partial charge >= 0.3 is 0 Å². The van der Waals surface area contributed by atoms with Gasteiger partial charge in [-0.2, -0.15) is 0 Å². The molecule has 5 nitrogen and oxygen atoms in total. The highest BCUT2D eigenvalue weighted by Crippen LogP contribution is 2.54. The smallest absolute Gasteiger partial charge is 0.119 e. The SMILES string of the molecule is COCCC1C[C@@H]2CN3CCc4c([nH]c5ccc(OC)cc45)[C@@](CO)(C2)C13. The number of fused-ring (bicyclic) bond motifs is 4. The third kappa shape index (κ3) is 2.48. The first-order valence-electron chi connectivity index (χ1n) is 10.2. The summed E-state index contributed by atoms with van der Waals surface area (Å²) in [5.41, 5.74) is 3.65. The van der Waals surface area contributed by atoms with Crippen LogP contribution in [0.2, 0.25) is 0 Å². The van der Waals surface area contributed by atoms with E-state index in [1.165, 1.54) is 29.6 Å². The molecule has 2 N–H and O–H groups in total. The molecule has 4 aliphatic rings. The molecule has 6 rings (SSSR count). The van der Waals surface area contributed by atoms with E-state index in [9.17, 15) is 5.11 Å². The van der Waals surface area contributed by atoms with Gasteiger partial charge in [-0.05, 0) is 61.3 Å². The Labute approximate surface area is 160 Å². The number of H-pyrrole nitrogens is 1. The number of aromatic amines is 1. The first kappa shape index (κ1) is 17.5. The normalized spacial score (nSPS) is 34.5. The number of nitrogens with one attached hydrogen (secondary N) is 1. The lowest BCUT2D eigenvalue weighted by Crippen LogP contribution is -2.65. The Bertz CT molecular complexity index is 847. The van der Waals surface area contributed by atoms with Crippen molar-refractivity contribution in [1.29, 1.82) is 0 Å². The molecule has 27 heavy (non-hydrogen) atoms. The molecule has 1 aliphatic carbocycles. The molecular formula is C22H30N2O3. The van der Waals surface area contributed by atoms with E-state index < -0.39 is 0 Å². The molecule has 0 radical (unpaired) electrons. The van der Waals surface area contributed by atoms with Crippen molar-refractivity contribution in [2.24, 2.45) is 11.8 Å². The van der Waals surface area contributed by atoms with Gasteiger partial charge in [-0.25, -0.2) is 0 Å². The Balaban J connectivity index is 1.66. The fourth-order valence-corrected chi connectivity index (χ4v) is 6.52. The van der Waals surface area contributed by atoms with Gasteiger partial charge in [0.2, 0.25) is 0 Å². The van der Waals surface area contributed by atoms with Crippen molar-refractivity contribution in [3.8, 4) is 5.75 Å². The van der Waals surface area contributed by atoms with Crippen molar-refractivity contribution in [3.63, 3.8) is 0 Å². The number of piperidine rings is 2. The second kappa shape index (κ2) is 6.50. The van der Waals surface area contributed by atoms with E-state index in [1.54, 1.807) is 14.2 Å². The lowest BCUT2D eigenvalue weighted by molar-refractivity contribution is -0.0826. The average molecular weight is 370 g/mol. The molecule has 0 amide bonds. The molecule has 4 heterocycles. The summed E-state index contributed by atoms with van der Waals surface area (Å²) in [6.07, 6.45) is 4.48. The van der Waals surface area contributed by atoms with Crippen LogP contribution in [0.1, 0.15) is 30.5 Å². The van der Waals surface area contributed by atoms with E-state index in [2.05, 4.69) is 22.0 Å². The number of methoxy groups -OCH3 is 2. The summed E-state index contributed by atoms with van der Waals surface area (Å²) in [4.78, 5) is 6.42. The summed E-state index contributed by atoms with van der Waals surface area (Å²) in [6.45, 7) is 3.27. The Hall–Kier alpha value is -1.56. The maximum atomic E-state index is 10.8. The lowest BCUT2D eigenvalue weighted by Gasteiger charge is -2.59. The Morgan fingerprint density at radius 3 is 3.00 bits per heavy atom. The van der Waals surface area contributed by atoms with Crippen molar-refractivity contribution in [2.45, 2.75) is 37.1 Å². The van der Waals surface area contributed by atoms with Crippen LogP contribution in [-0.4, -0.2) is 61.6 Å². The van der Waals surface area contributed by atoms with Gasteiger partial charge in [-0.1, -0.05) is 0 Å². The first-order valence-corrected chi connectivity index (χ1v) is 10.2. The average Bonchev–Trinajstić information content (AvgIpc) is 3.04. The minimum absolute atomic E-state index is 0.183. The highest BCUT2D eigenvalue weighted by atomic mass is 16.5. The van der Waals surface area contributed by atoms with Crippen LogP contribution in [0.4, 0.5) is 0 Å². The van der Waals surface area contributed by atoms with Crippen LogP contribution < -0.4 is 4.74 Å². The predicted molar refractivity (Wildman–Crippen MR) is 105 cm³/mol. The number of hydrogen-bond donors (Lipinski definition) is 2.